The fourth-order valence-electron chi connectivity index (χ4n) is 5.77. The molecule has 1 aliphatic carbocycles. The van der Waals surface area contributed by atoms with Crippen LogP contribution in [0.3, 0.4) is 0 Å². The van der Waals surface area contributed by atoms with Crippen LogP contribution in [0.1, 0.15) is 36.1 Å². The lowest BCUT2D eigenvalue weighted by Gasteiger charge is -2.44. The summed E-state index contributed by atoms with van der Waals surface area (Å²) >= 11 is 0. The molecule has 1 aromatic carbocycles. The molecule has 2 atom stereocenters. The third-order valence-electron chi connectivity index (χ3n) is 7.50. The van der Waals surface area contributed by atoms with Crippen molar-refractivity contribution in [2.24, 2.45) is 0 Å². The van der Waals surface area contributed by atoms with Crippen LogP contribution in [-0.2, 0) is 27.8 Å². The zero-order valence-corrected chi connectivity index (χ0v) is 20.4. The predicted octanol–water partition coefficient (Wildman–Crippen LogP) is 2.81. The van der Waals surface area contributed by atoms with Gasteiger partial charge >= 0.3 is 6.01 Å². The Kier molecular flexibility index (Phi) is 6.27. The summed E-state index contributed by atoms with van der Waals surface area (Å²) in [5, 5.41) is 12.3. The molecule has 1 spiro atoms. The Bertz CT molecular complexity index is 1340. The van der Waals surface area contributed by atoms with E-state index in [1.54, 1.807) is 6.07 Å². The Balaban J connectivity index is 1.53. The third-order valence-corrected chi connectivity index (χ3v) is 7.50. The molecule has 9 nitrogen and oxygen atoms in total. The van der Waals surface area contributed by atoms with Gasteiger partial charge in [-0.05, 0) is 42.5 Å². The molecule has 5 rings (SSSR count). The number of fused-ring (bicyclic) bond motifs is 3. The van der Waals surface area contributed by atoms with Crippen LogP contribution in [0, 0.1) is 17.1 Å². The van der Waals surface area contributed by atoms with Crippen molar-refractivity contribution in [3.05, 3.63) is 53.2 Å². The SMILES string of the molecule is C=C(F)C(=O)N1CCN(c2nc(OC)nc3c2NC(=O)C2(CCCc4cc(F)ccc42)C3)CC1CC#N. The van der Waals surface area contributed by atoms with Crippen LogP contribution >= 0.6 is 0 Å². The molecule has 2 amide bonds. The second-order valence-electron chi connectivity index (χ2n) is 9.59. The number of nitrogens with zero attached hydrogens (tertiary/aromatic N) is 5. The summed E-state index contributed by atoms with van der Waals surface area (Å²) < 4.78 is 32.9. The van der Waals surface area contributed by atoms with E-state index in [1.165, 1.54) is 24.1 Å². The Morgan fingerprint density at radius 2 is 2.19 bits per heavy atom. The molecule has 2 unspecified atom stereocenters. The summed E-state index contributed by atoms with van der Waals surface area (Å²) in [5.74, 6) is -2.06. The number of nitrogens with one attached hydrogen (secondary N) is 1. The van der Waals surface area contributed by atoms with Crippen LogP contribution in [-0.4, -0.2) is 59.5 Å². The Labute approximate surface area is 212 Å². The number of hydrogen-bond acceptors (Lipinski definition) is 7. The van der Waals surface area contributed by atoms with Crippen molar-refractivity contribution >= 4 is 23.3 Å². The number of amides is 2. The number of carbonyl (C=O) groups excluding carboxylic acids is 2. The van der Waals surface area contributed by atoms with Gasteiger partial charge in [0.15, 0.2) is 11.6 Å². The average Bonchev–Trinajstić information content (AvgIpc) is 2.88. The second-order valence-corrected chi connectivity index (χ2v) is 9.59. The van der Waals surface area contributed by atoms with Gasteiger partial charge < -0.3 is 19.9 Å². The highest BCUT2D eigenvalue weighted by molar-refractivity contribution is 6.04. The summed E-state index contributed by atoms with van der Waals surface area (Å²) in [6.45, 7) is 3.72. The van der Waals surface area contributed by atoms with Crippen LogP contribution < -0.4 is 15.0 Å². The maximum atomic E-state index is 13.9. The summed E-state index contributed by atoms with van der Waals surface area (Å²) in [6, 6.07) is 6.13. The molecule has 1 saturated heterocycles. The smallest absolute Gasteiger partial charge is 0.318 e. The average molecular weight is 509 g/mol. The normalized spacial score (nSPS) is 22.5. The fourth-order valence-corrected chi connectivity index (χ4v) is 5.77. The van der Waals surface area contributed by atoms with Crippen LogP contribution in [0.25, 0.3) is 0 Å². The summed E-state index contributed by atoms with van der Waals surface area (Å²) in [5.41, 5.74) is 1.76. The summed E-state index contributed by atoms with van der Waals surface area (Å²) in [4.78, 5) is 38.2. The number of halogens is 2. The molecule has 37 heavy (non-hydrogen) atoms. The molecule has 3 aliphatic rings. The molecule has 192 valence electrons. The van der Waals surface area contributed by atoms with E-state index < -0.39 is 23.2 Å². The monoisotopic (exact) mass is 508 g/mol. The number of rotatable bonds is 4. The number of anilines is 2. The van der Waals surface area contributed by atoms with Gasteiger partial charge in [0.05, 0.1) is 36.8 Å². The standard InChI is InChI=1S/C26H26F2N6O3/c1-15(27)23(35)34-11-10-33(14-18(34)7-9-29)22-21-20(30-25(32-22)37-2)13-26(24(36)31-21)8-3-4-16-12-17(28)5-6-19(16)26/h5-6,12,18H,1,3-4,7-8,10-11,13-14H2,2H3,(H,31,36). The van der Waals surface area contributed by atoms with Crippen molar-refractivity contribution in [2.75, 3.05) is 37.0 Å². The van der Waals surface area contributed by atoms with Crippen LogP contribution in [0.4, 0.5) is 20.3 Å². The van der Waals surface area contributed by atoms with Crippen molar-refractivity contribution in [1.29, 1.82) is 5.26 Å². The lowest BCUT2D eigenvalue weighted by Crippen LogP contribution is -2.56. The molecule has 3 heterocycles. The number of piperazine rings is 1. The van der Waals surface area contributed by atoms with Gasteiger partial charge in [0.1, 0.15) is 11.5 Å². The molecule has 11 heteroatoms. The first-order chi connectivity index (χ1) is 17.8. The van der Waals surface area contributed by atoms with E-state index in [2.05, 4.69) is 27.9 Å². The Hall–Kier alpha value is -4.07. The van der Waals surface area contributed by atoms with Gasteiger partial charge in [-0.15, -0.1) is 0 Å². The minimum atomic E-state index is -1.08. The van der Waals surface area contributed by atoms with Gasteiger partial charge in [0.25, 0.3) is 5.91 Å². The quantitative estimate of drug-likeness (QED) is 0.632. The van der Waals surface area contributed by atoms with Crippen molar-refractivity contribution < 1.29 is 23.1 Å². The van der Waals surface area contributed by atoms with Crippen LogP contribution in [0.15, 0.2) is 30.6 Å². The first-order valence-electron chi connectivity index (χ1n) is 12.1. The molecule has 0 radical (unpaired) electrons. The molecule has 0 bridgehead atoms. The van der Waals surface area contributed by atoms with E-state index in [0.717, 1.165) is 17.5 Å². The van der Waals surface area contributed by atoms with Gasteiger partial charge in [-0.2, -0.15) is 15.2 Å². The number of methoxy groups -OCH3 is 1. The number of ether oxygens (including phenoxy) is 1. The Morgan fingerprint density at radius 3 is 2.92 bits per heavy atom. The van der Waals surface area contributed by atoms with Gasteiger partial charge in [-0.3, -0.25) is 9.59 Å². The molecule has 1 aromatic heterocycles. The van der Waals surface area contributed by atoms with Gasteiger partial charge in [0, 0.05) is 26.1 Å². The van der Waals surface area contributed by atoms with Crippen molar-refractivity contribution in [3.8, 4) is 12.1 Å². The van der Waals surface area contributed by atoms with E-state index >= 15 is 0 Å². The summed E-state index contributed by atoms with van der Waals surface area (Å²) in [6.07, 6.45) is 2.31. The second kappa shape index (κ2) is 9.42. The number of carbonyl (C=O) groups is 2. The Morgan fingerprint density at radius 1 is 1.38 bits per heavy atom. The van der Waals surface area contributed by atoms with Gasteiger partial charge in [-0.25, -0.2) is 8.78 Å². The number of hydrogen-bond donors (Lipinski definition) is 1. The number of aromatic nitrogens is 2. The lowest BCUT2D eigenvalue weighted by molar-refractivity contribution is -0.131. The largest absolute Gasteiger partial charge is 0.467 e. The minimum Gasteiger partial charge on any atom is -0.467 e. The number of benzene rings is 1. The molecule has 0 saturated carbocycles. The first-order valence-corrected chi connectivity index (χ1v) is 12.1. The number of aryl methyl sites for hydroxylation is 1. The van der Waals surface area contributed by atoms with Crippen LogP contribution in [0.2, 0.25) is 0 Å². The zero-order chi connectivity index (χ0) is 26.3. The molecular weight excluding hydrogens is 482 g/mol. The van der Waals surface area contributed by atoms with E-state index in [-0.39, 0.29) is 43.8 Å². The van der Waals surface area contributed by atoms with E-state index in [1.807, 2.05) is 4.90 Å². The number of nitriles is 1. The van der Waals surface area contributed by atoms with Gasteiger partial charge in [-0.1, -0.05) is 12.6 Å². The third kappa shape index (κ3) is 4.16. The molecule has 1 fully saturated rings. The lowest BCUT2D eigenvalue weighted by atomic mass is 9.65. The molecule has 2 aliphatic heterocycles. The highest BCUT2D eigenvalue weighted by Crippen LogP contribution is 2.46. The maximum absolute atomic E-state index is 13.9. The van der Waals surface area contributed by atoms with Crippen LogP contribution in [0.5, 0.6) is 6.01 Å². The van der Waals surface area contributed by atoms with E-state index in [4.69, 9.17) is 4.74 Å². The highest BCUT2D eigenvalue weighted by Gasteiger charge is 2.48. The van der Waals surface area contributed by atoms with Crippen molar-refractivity contribution in [3.63, 3.8) is 0 Å². The van der Waals surface area contributed by atoms with E-state index in [9.17, 15) is 23.6 Å². The molecule has 2 aromatic rings. The minimum absolute atomic E-state index is 0.0112. The summed E-state index contributed by atoms with van der Waals surface area (Å²) in [7, 11) is 1.45. The van der Waals surface area contributed by atoms with E-state index in [0.29, 0.717) is 36.5 Å². The van der Waals surface area contributed by atoms with Crippen molar-refractivity contribution in [2.45, 2.75) is 43.6 Å². The highest BCUT2D eigenvalue weighted by atomic mass is 19.1. The fraction of sp³-hybridized carbons (Fsp3) is 0.423. The first kappa shape index (κ1) is 24.6. The topological polar surface area (TPSA) is 111 Å². The molecular formula is C26H26F2N6O3. The van der Waals surface area contributed by atoms with Gasteiger partial charge in [0.2, 0.25) is 5.91 Å². The predicted molar refractivity (Wildman–Crippen MR) is 130 cm³/mol. The maximum Gasteiger partial charge on any atom is 0.318 e. The molecule has 1 N–H and O–H groups in total. The zero-order valence-electron chi connectivity index (χ0n) is 20.4. The van der Waals surface area contributed by atoms with Crippen molar-refractivity contribution in [1.82, 2.24) is 14.9 Å².